The molecule has 0 saturated heterocycles. The van der Waals surface area contributed by atoms with Gasteiger partial charge in [-0.05, 0) is 6.42 Å². The number of carbonyl (C=O) groups excluding carboxylic acids is 1. The van der Waals surface area contributed by atoms with Crippen molar-refractivity contribution in [3.05, 3.63) is 36.4 Å². The van der Waals surface area contributed by atoms with Gasteiger partial charge < -0.3 is 14.9 Å². The standard InChI is InChI=1S/C12H15N5O/c18-8-17(2-1-9-4-13-6-15-9)12-3-10(12)11-5-14-7-16-11/h4-8,10,12H,1-3H2,(H,13,15)(H,14,16)/t10-,12+/m0/s1. The number of rotatable bonds is 6. The molecule has 2 N–H and O–H groups in total. The number of imidazole rings is 2. The van der Waals surface area contributed by atoms with Gasteiger partial charge in [-0.15, -0.1) is 0 Å². The van der Waals surface area contributed by atoms with Gasteiger partial charge in [0.15, 0.2) is 0 Å². The molecular formula is C12H15N5O. The van der Waals surface area contributed by atoms with E-state index in [2.05, 4.69) is 19.9 Å². The molecule has 94 valence electrons. The van der Waals surface area contributed by atoms with Crippen LogP contribution in [-0.4, -0.2) is 43.8 Å². The predicted molar refractivity (Wildman–Crippen MR) is 64.8 cm³/mol. The lowest BCUT2D eigenvalue weighted by molar-refractivity contribution is -0.118. The monoisotopic (exact) mass is 245 g/mol. The van der Waals surface area contributed by atoms with Crippen molar-refractivity contribution in [2.45, 2.75) is 24.8 Å². The molecule has 6 heteroatoms. The zero-order valence-corrected chi connectivity index (χ0v) is 9.91. The van der Waals surface area contributed by atoms with Gasteiger partial charge in [0.25, 0.3) is 0 Å². The number of aromatic nitrogens is 4. The van der Waals surface area contributed by atoms with Crippen molar-refractivity contribution in [3.63, 3.8) is 0 Å². The number of aromatic amines is 2. The second-order valence-electron chi connectivity index (χ2n) is 4.56. The van der Waals surface area contributed by atoms with Crippen LogP contribution in [0.1, 0.15) is 23.7 Å². The van der Waals surface area contributed by atoms with Crippen LogP contribution in [0.15, 0.2) is 25.0 Å². The Morgan fingerprint density at radius 2 is 2.17 bits per heavy atom. The SMILES string of the molecule is O=CN(CCc1c[nH]cn1)[C@@H]1C[C@H]1c1c[nH]cn1. The molecule has 0 unspecified atom stereocenters. The Labute approximate surface area is 104 Å². The molecule has 0 aliphatic heterocycles. The van der Waals surface area contributed by atoms with Crippen molar-refractivity contribution in [2.24, 2.45) is 0 Å². The Morgan fingerprint density at radius 3 is 2.83 bits per heavy atom. The Morgan fingerprint density at radius 1 is 1.33 bits per heavy atom. The maximum absolute atomic E-state index is 11.1. The fraction of sp³-hybridized carbons (Fsp3) is 0.417. The van der Waals surface area contributed by atoms with Crippen LogP contribution < -0.4 is 0 Å². The molecule has 1 fully saturated rings. The molecule has 1 aliphatic carbocycles. The molecular weight excluding hydrogens is 230 g/mol. The van der Waals surface area contributed by atoms with Gasteiger partial charge in [-0.25, -0.2) is 9.97 Å². The summed E-state index contributed by atoms with van der Waals surface area (Å²) in [6.45, 7) is 0.708. The molecule has 0 aromatic carbocycles. The average molecular weight is 245 g/mol. The zero-order chi connectivity index (χ0) is 12.4. The normalized spacial score (nSPS) is 21.8. The lowest BCUT2D eigenvalue weighted by Gasteiger charge is -2.16. The first-order valence-corrected chi connectivity index (χ1v) is 6.06. The predicted octanol–water partition coefficient (Wildman–Crippen LogP) is 0.690. The van der Waals surface area contributed by atoms with Gasteiger partial charge in [-0.2, -0.15) is 0 Å². The van der Waals surface area contributed by atoms with E-state index >= 15 is 0 Å². The Hall–Kier alpha value is -2.11. The van der Waals surface area contributed by atoms with E-state index in [1.165, 1.54) is 0 Å². The maximum atomic E-state index is 11.1. The van der Waals surface area contributed by atoms with Crippen molar-refractivity contribution in [1.29, 1.82) is 0 Å². The van der Waals surface area contributed by atoms with Crippen LogP contribution >= 0.6 is 0 Å². The second kappa shape index (κ2) is 4.64. The number of amides is 1. The second-order valence-corrected chi connectivity index (χ2v) is 4.56. The molecule has 1 aliphatic rings. The van der Waals surface area contributed by atoms with Crippen molar-refractivity contribution < 1.29 is 4.79 Å². The van der Waals surface area contributed by atoms with E-state index < -0.39 is 0 Å². The van der Waals surface area contributed by atoms with E-state index in [1.54, 1.807) is 12.7 Å². The van der Waals surface area contributed by atoms with Crippen molar-refractivity contribution in [1.82, 2.24) is 24.8 Å². The zero-order valence-electron chi connectivity index (χ0n) is 9.91. The summed E-state index contributed by atoms with van der Waals surface area (Å²) in [6.07, 6.45) is 9.83. The number of nitrogens with zero attached hydrogens (tertiary/aromatic N) is 3. The van der Waals surface area contributed by atoms with Gasteiger partial charge in [-0.1, -0.05) is 0 Å². The third kappa shape index (κ3) is 2.13. The number of hydrogen-bond donors (Lipinski definition) is 2. The molecule has 3 rings (SSSR count). The lowest BCUT2D eigenvalue weighted by atomic mass is 10.3. The molecule has 1 saturated carbocycles. The largest absolute Gasteiger partial charge is 0.351 e. The molecule has 2 aromatic heterocycles. The molecule has 18 heavy (non-hydrogen) atoms. The third-order valence-corrected chi connectivity index (χ3v) is 3.40. The summed E-state index contributed by atoms with van der Waals surface area (Å²) >= 11 is 0. The van der Waals surface area contributed by atoms with E-state index in [1.807, 2.05) is 17.3 Å². The summed E-state index contributed by atoms with van der Waals surface area (Å²) in [6, 6.07) is 0.296. The summed E-state index contributed by atoms with van der Waals surface area (Å²) < 4.78 is 0. The Bertz CT molecular complexity index is 493. The van der Waals surface area contributed by atoms with Gasteiger partial charge in [0.1, 0.15) is 0 Å². The number of H-pyrrole nitrogens is 2. The van der Waals surface area contributed by atoms with Crippen LogP contribution in [0.2, 0.25) is 0 Å². The first-order chi connectivity index (χ1) is 8.88. The summed E-state index contributed by atoms with van der Waals surface area (Å²) in [5.74, 6) is 0.389. The quantitative estimate of drug-likeness (QED) is 0.735. The minimum atomic E-state index is 0.296. The Kier molecular flexibility index (Phi) is 2.84. The highest BCUT2D eigenvalue weighted by Gasteiger charge is 2.43. The molecule has 2 aromatic rings. The van der Waals surface area contributed by atoms with E-state index in [0.29, 0.717) is 18.5 Å². The minimum absolute atomic E-state index is 0.296. The lowest BCUT2D eigenvalue weighted by Crippen LogP contribution is -2.28. The highest BCUT2D eigenvalue weighted by Crippen LogP contribution is 2.43. The van der Waals surface area contributed by atoms with Crippen molar-refractivity contribution in [2.75, 3.05) is 6.54 Å². The number of carbonyl (C=O) groups is 1. The first kappa shape index (κ1) is 11.0. The van der Waals surface area contributed by atoms with E-state index in [9.17, 15) is 4.79 Å². The van der Waals surface area contributed by atoms with Gasteiger partial charge in [0, 0.05) is 37.3 Å². The van der Waals surface area contributed by atoms with E-state index in [4.69, 9.17) is 0 Å². The van der Waals surface area contributed by atoms with Crippen LogP contribution in [0, 0.1) is 0 Å². The number of hydrogen-bond acceptors (Lipinski definition) is 3. The van der Waals surface area contributed by atoms with Crippen LogP contribution in [0.25, 0.3) is 0 Å². The topological polar surface area (TPSA) is 77.7 Å². The number of nitrogens with one attached hydrogen (secondary N) is 2. The van der Waals surface area contributed by atoms with E-state index in [-0.39, 0.29) is 0 Å². The van der Waals surface area contributed by atoms with E-state index in [0.717, 1.165) is 30.6 Å². The van der Waals surface area contributed by atoms with Crippen LogP contribution in [0.5, 0.6) is 0 Å². The molecule has 0 bridgehead atoms. The highest BCUT2D eigenvalue weighted by atomic mass is 16.1. The van der Waals surface area contributed by atoms with Gasteiger partial charge in [-0.3, -0.25) is 4.79 Å². The first-order valence-electron chi connectivity index (χ1n) is 6.06. The minimum Gasteiger partial charge on any atom is -0.351 e. The molecule has 0 radical (unpaired) electrons. The summed E-state index contributed by atoms with van der Waals surface area (Å²) in [7, 11) is 0. The highest BCUT2D eigenvalue weighted by molar-refractivity contribution is 5.50. The van der Waals surface area contributed by atoms with Gasteiger partial charge >= 0.3 is 0 Å². The van der Waals surface area contributed by atoms with Crippen LogP contribution in [0.4, 0.5) is 0 Å². The summed E-state index contributed by atoms with van der Waals surface area (Å²) in [4.78, 5) is 27.2. The Balaban J connectivity index is 1.56. The third-order valence-electron chi connectivity index (χ3n) is 3.40. The summed E-state index contributed by atoms with van der Waals surface area (Å²) in [5, 5.41) is 0. The van der Waals surface area contributed by atoms with Crippen LogP contribution in [0.3, 0.4) is 0 Å². The van der Waals surface area contributed by atoms with Gasteiger partial charge in [0.05, 0.1) is 24.0 Å². The molecule has 1 amide bonds. The van der Waals surface area contributed by atoms with Crippen molar-refractivity contribution in [3.8, 4) is 0 Å². The average Bonchev–Trinajstić information content (AvgIpc) is 2.87. The molecule has 2 heterocycles. The fourth-order valence-electron chi connectivity index (χ4n) is 2.31. The van der Waals surface area contributed by atoms with Crippen LogP contribution in [-0.2, 0) is 11.2 Å². The summed E-state index contributed by atoms with van der Waals surface area (Å²) in [5.41, 5.74) is 2.03. The smallest absolute Gasteiger partial charge is 0.209 e. The molecule has 2 atom stereocenters. The molecule has 0 spiro atoms. The van der Waals surface area contributed by atoms with Gasteiger partial charge in [0.2, 0.25) is 6.41 Å². The maximum Gasteiger partial charge on any atom is 0.209 e. The molecule has 6 nitrogen and oxygen atoms in total. The van der Waals surface area contributed by atoms with Crippen molar-refractivity contribution >= 4 is 6.41 Å². The fourth-order valence-corrected chi connectivity index (χ4v) is 2.31.